The monoisotopic (exact) mass is 150 g/mol. The van der Waals surface area contributed by atoms with Gasteiger partial charge in [0, 0.05) is 5.69 Å². The predicted octanol–water partition coefficient (Wildman–Crippen LogP) is 1.99. The summed E-state index contributed by atoms with van der Waals surface area (Å²) in [4.78, 5) is 7.78. The van der Waals surface area contributed by atoms with Crippen LogP contribution in [-0.4, -0.2) is 9.97 Å². The fourth-order valence-electron chi connectivity index (χ4n) is 1.77. The molecule has 1 aliphatic rings. The van der Waals surface area contributed by atoms with Gasteiger partial charge in [0.05, 0.1) is 5.69 Å². The molecule has 0 aromatic carbocycles. The van der Waals surface area contributed by atoms with Crippen LogP contribution < -0.4 is 0 Å². The quantitative estimate of drug-likeness (QED) is 0.563. The predicted molar refractivity (Wildman–Crippen MR) is 44.6 cm³/mol. The van der Waals surface area contributed by atoms with Crippen LogP contribution in [0.15, 0.2) is 0 Å². The van der Waals surface area contributed by atoms with Crippen LogP contribution in [0.1, 0.15) is 36.5 Å². The number of imidazole rings is 1. The van der Waals surface area contributed by atoms with Crippen molar-refractivity contribution in [3.05, 3.63) is 17.2 Å². The Hall–Kier alpha value is -0.790. The minimum atomic E-state index is 1.08. The number of aryl methyl sites for hydroxylation is 3. The lowest BCUT2D eigenvalue weighted by atomic mass is 10.2. The van der Waals surface area contributed by atoms with Gasteiger partial charge >= 0.3 is 0 Å². The highest BCUT2D eigenvalue weighted by molar-refractivity contribution is 5.15. The van der Waals surface area contributed by atoms with Crippen molar-refractivity contribution < 1.29 is 0 Å². The van der Waals surface area contributed by atoms with E-state index in [-0.39, 0.29) is 0 Å². The lowest BCUT2D eigenvalue weighted by Crippen LogP contribution is -1.87. The van der Waals surface area contributed by atoms with Crippen molar-refractivity contribution >= 4 is 0 Å². The SMILES string of the molecule is Cc1nc2c([nH]1)CCCCC2. The van der Waals surface area contributed by atoms with E-state index >= 15 is 0 Å². The van der Waals surface area contributed by atoms with Crippen molar-refractivity contribution in [3.63, 3.8) is 0 Å². The van der Waals surface area contributed by atoms with E-state index in [1.165, 1.54) is 43.5 Å². The van der Waals surface area contributed by atoms with Gasteiger partial charge < -0.3 is 4.98 Å². The standard InChI is InChI=1S/C9H14N2/c1-7-10-8-5-3-2-4-6-9(8)11-7/h2-6H2,1H3,(H,10,11). The Labute approximate surface area is 67.0 Å². The molecule has 2 heteroatoms. The van der Waals surface area contributed by atoms with E-state index < -0.39 is 0 Å². The number of aromatic amines is 1. The van der Waals surface area contributed by atoms with Crippen LogP contribution in [-0.2, 0) is 12.8 Å². The fourth-order valence-corrected chi connectivity index (χ4v) is 1.77. The van der Waals surface area contributed by atoms with E-state index in [0.29, 0.717) is 0 Å². The van der Waals surface area contributed by atoms with E-state index in [0.717, 1.165) is 5.82 Å². The van der Waals surface area contributed by atoms with E-state index in [1.807, 2.05) is 6.92 Å². The molecule has 1 aliphatic carbocycles. The van der Waals surface area contributed by atoms with E-state index in [9.17, 15) is 0 Å². The number of hydrogen-bond donors (Lipinski definition) is 1. The third kappa shape index (κ3) is 1.30. The molecule has 2 rings (SSSR count). The molecule has 0 saturated carbocycles. The lowest BCUT2D eigenvalue weighted by Gasteiger charge is -1.91. The van der Waals surface area contributed by atoms with E-state index in [1.54, 1.807) is 0 Å². The van der Waals surface area contributed by atoms with E-state index in [2.05, 4.69) is 9.97 Å². The second-order valence-electron chi connectivity index (χ2n) is 3.31. The molecule has 0 radical (unpaired) electrons. The van der Waals surface area contributed by atoms with Gasteiger partial charge in [0.1, 0.15) is 5.82 Å². The van der Waals surface area contributed by atoms with Crippen molar-refractivity contribution in [2.24, 2.45) is 0 Å². The normalized spacial score (nSPS) is 17.5. The van der Waals surface area contributed by atoms with Gasteiger partial charge in [-0.15, -0.1) is 0 Å². The second-order valence-corrected chi connectivity index (χ2v) is 3.31. The Bertz CT molecular complexity index is 227. The third-order valence-electron chi connectivity index (χ3n) is 2.32. The summed E-state index contributed by atoms with van der Waals surface area (Å²) in [6, 6.07) is 0. The van der Waals surface area contributed by atoms with Gasteiger partial charge in [0.25, 0.3) is 0 Å². The Morgan fingerprint density at radius 3 is 2.91 bits per heavy atom. The van der Waals surface area contributed by atoms with Crippen molar-refractivity contribution in [1.82, 2.24) is 9.97 Å². The van der Waals surface area contributed by atoms with Gasteiger partial charge in [0.2, 0.25) is 0 Å². The zero-order valence-electron chi connectivity index (χ0n) is 6.98. The first kappa shape index (κ1) is 6.89. The number of nitrogens with zero attached hydrogens (tertiary/aromatic N) is 1. The van der Waals surface area contributed by atoms with Crippen molar-refractivity contribution in [3.8, 4) is 0 Å². The molecule has 1 heterocycles. The summed E-state index contributed by atoms with van der Waals surface area (Å²) in [5.74, 6) is 1.08. The minimum Gasteiger partial charge on any atom is -0.346 e. The molecular weight excluding hydrogens is 136 g/mol. The molecule has 0 fully saturated rings. The number of fused-ring (bicyclic) bond motifs is 1. The number of H-pyrrole nitrogens is 1. The number of nitrogens with one attached hydrogen (secondary N) is 1. The number of aromatic nitrogens is 2. The molecule has 0 saturated heterocycles. The highest BCUT2D eigenvalue weighted by atomic mass is 14.9. The Kier molecular flexibility index (Phi) is 1.68. The zero-order valence-corrected chi connectivity index (χ0v) is 6.98. The van der Waals surface area contributed by atoms with Crippen LogP contribution in [0.3, 0.4) is 0 Å². The van der Waals surface area contributed by atoms with Gasteiger partial charge in [-0.25, -0.2) is 4.98 Å². The first-order valence-corrected chi connectivity index (χ1v) is 4.40. The molecule has 0 amide bonds. The molecular formula is C9H14N2. The smallest absolute Gasteiger partial charge is 0.103 e. The summed E-state index contributed by atoms with van der Waals surface area (Å²) in [7, 11) is 0. The van der Waals surface area contributed by atoms with Crippen LogP contribution in [0, 0.1) is 6.92 Å². The molecule has 0 aliphatic heterocycles. The molecule has 1 aromatic rings. The van der Waals surface area contributed by atoms with Crippen molar-refractivity contribution in [2.75, 3.05) is 0 Å². The van der Waals surface area contributed by atoms with Crippen LogP contribution in [0.2, 0.25) is 0 Å². The molecule has 2 nitrogen and oxygen atoms in total. The Morgan fingerprint density at radius 2 is 2.00 bits per heavy atom. The molecule has 0 bridgehead atoms. The van der Waals surface area contributed by atoms with Gasteiger partial charge in [0.15, 0.2) is 0 Å². The molecule has 0 unspecified atom stereocenters. The average Bonchev–Trinajstić information content (AvgIpc) is 2.17. The maximum atomic E-state index is 4.46. The summed E-state index contributed by atoms with van der Waals surface area (Å²) >= 11 is 0. The Morgan fingerprint density at radius 1 is 1.18 bits per heavy atom. The van der Waals surface area contributed by atoms with Crippen molar-refractivity contribution in [1.29, 1.82) is 0 Å². The summed E-state index contributed by atoms with van der Waals surface area (Å²) in [6.45, 7) is 2.04. The average molecular weight is 150 g/mol. The second kappa shape index (κ2) is 2.68. The number of rotatable bonds is 0. The van der Waals surface area contributed by atoms with Gasteiger partial charge in [-0.2, -0.15) is 0 Å². The minimum absolute atomic E-state index is 1.08. The summed E-state index contributed by atoms with van der Waals surface area (Å²) in [5.41, 5.74) is 2.71. The molecule has 60 valence electrons. The maximum Gasteiger partial charge on any atom is 0.103 e. The molecule has 0 spiro atoms. The van der Waals surface area contributed by atoms with Crippen molar-refractivity contribution in [2.45, 2.75) is 39.0 Å². The summed E-state index contributed by atoms with van der Waals surface area (Å²) < 4.78 is 0. The highest BCUT2D eigenvalue weighted by Crippen LogP contribution is 2.17. The Balaban J connectivity index is 2.32. The maximum absolute atomic E-state index is 4.46. The third-order valence-corrected chi connectivity index (χ3v) is 2.32. The lowest BCUT2D eigenvalue weighted by molar-refractivity contribution is 0.701. The molecule has 1 N–H and O–H groups in total. The van der Waals surface area contributed by atoms with Gasteiger partial charge in [-0.05, 0) is 32.6 Å². The molecule has 11 heavy (non-hydrogen) atoms. The van der Waals surface area contributed by atoms with Crippen LogP contribution in [0.25, 0.3) is 0 Å². The summed E-state index contributed by atoms with van der Waals surface area (Å²) in [6.07, 6.45) is 6.39. The highest BCUT2D eigenvalue weighted by Gasteiger charge is 2.10. The molecule has 1 aromatic heterocycles. The molecule has 0 atom stereocenters. The topological polar surface area (TPSA) is 28.7 Å². The van der Waals surface area contributed by atoms with Crippen LogP contribution in [0.5, 0.6) is 0 Å². The zero-order chi connectivity index (χ0) is 7.68. The van der Waals surface area contributed by atoms with Gasteiger partial charge in [-0.1, -0.05) is 6.42 Å². The first-order chi connectivity index (χ1) is 5.36. The van der Waals surface area contributed by atoms with E-state index in [4.69, 9.17) is 0 Å². The largest absolute Gasteiger partial charge is 0.346 e. The van der Waals surface area contributed by atoms with Crippen LogP contribution >= 0.6 is 0 Å². The number of hydrogen-bond acceptors (Lipinski definition) is 1. The van der Waals surface area contributed by atoms with Gasteiger partial charge in [-0.3, -0.25) is 0 Å². The summed E-state index contributed by atoms with van der Waals surface area (Å²) in [5, 5.41) is 0. The fraction of sp³-hybridized carbons (Fsp3) is 0.667. The first-order valence-electron chi connectivity index (χ1n) is 4.40. The van der Waals surface area contributed by atoms with Crippen LogP contribution in [0.4, 0.5) is 0 Å².